The smallest absolute Gasteiger partial charge is 0.160 e. The molecule has 0 unspecified atom stereocenters. The topological polar surface area (TPSA) is 178 Å². The molecule has 0 aromatic heterocycles. The molecule has 10 aliphatic rings. The Hall–Kier alpha value is -3.12. The van der Waals surface area contributed by atoms with Gasteiger partial charge in [-0.2, -0.15) is 0 Å². The van der Waals surface area contributed by atoms with Crippen molar-refractivity contribution in [3.63, 3.8) is 0 Å². The highest BCUT2D eigenvalue weighted by Gasteiger charge is 2.77. The summed E-state index contributed by atoms with van der Waals surface area (Å²) in [6.45, 7) is 10.1. The van der Waals surface area contributed by atoms with Crippen LogP contribution in [-0.4, -0.2) is 81.6 Å². The van der Waals surface area contributed by atoms with Gasteiger partial charge in [0.05, 0.1) is 22.7 Å². The number of fused-ring (bicyclic) bond motifs is 2. The van der Waals surface area contributed by atoms with Crippen molar-refractivity contribution in [3.8, 4) is 5.75 Å². The van der Waals surface area contributed by atoms with E-state index in [2.05, 4.69) is 55.7 Å². The van der Waals surface area contributed by atoms with Crippen LogP contribution in [0.4, 0.5) is 5.69 Å². The third-order valence-corrected chi connectivity index (χ3v) is 24.2. The molecule has 74 heavy (non-hydrogen) atoms. The maximum absolute atomic E-state index is 16.5. The van der Waals surface area contributed by atoms with E-state index in [9.17, 15) is 20.4 Å². The fourth-order valence-electron chi connectivity index (χ4n) is 21.8. The van der Waals surface area contributed by atoms with Crippen molar-refractivity contribution in [1.29, 1.82) is 0 Å². The van der Waals surface area contributed by atoms with E-state index in [1.165, 1.54) is 24.0 Å². The maximum atomic E-state index is 16.5. The summed E-state index contributed by atoms with van der Waals surface area (Å²) in [7, 11) is 1.92. The summed E-state index contributed by atoms with van der Waals surface area (Å²) in [5.41, 5.74) is 8.41. The summed E-state index contributed by atoms with van der Waals surface area (Å²) in [6, 6.07) is 14.2. The number of nitrogens with one attached hydrogen (secondary N) is 2. The summed E-state index contributed by atoms with van der Waals surface area (Å²) >= 11 is 0. The normalized spacial score (nSPS) is 46.3. The first-order chi connectivity index (χ1) is 35.4. The van der Waals surface area contributed by atoms with E-state index < -0.39 is 44.4 Å². The number of aromatic hydroxyl groups is 1. The molecule has 0 radical (unpaired) electrons. The van der Waals surface area contributed by atoms with E-state index >= 15 is 9.59 Å². The number of aliphatic hydroxyl groups is 3. The molecule has 10 nitrogen and oxygen atoms in total. The predicted octanol–water partition coefficient (Wildman–Crippen LogP) is 10.4. The van der Waals surface area contributed by atoms with Crippen molar-refractivity contribution >= 4 is 17.3 Å². The summed E-state index contributed by atoms with van der Waals surface area (Å²) in [6.07, 6.45) is 18.3. The number of epoxide rings is 1. The molecule has 1 spiro atoms. The number of hydrogen-bond donors (Lipinski definition) is 7. The van der Waals surface area contributed by atoms with Crippen molar-refractivity contribution < 1.29 is 34.8 Å². The fourth-order valence-corrected chi connectivity index (χ4v) is 21.8. The van der Waals surface area contributed by atoms with E-state index in [0.717, 1.165) is 119 Å². The van der Waals surface area contributed by atoms with Gasteiger partial charge >= 0.3 is 0 Å². The van der Waals surface area contributed by atoms with Crippen LogP contribution in [0.1, 0.15) is 192 Å². The average molecular weight is 1010 g/mol. The summed E-state index contributed by atoms with van der Waals surface area (Å²) in [4.78, 5) is 32.7. The Labute approximate surface area is 442 Å². The molecular formula is C64H91N3O7. The zero-order chi connectivity index (χ0) is 51.8. The number of rotatable bonds is 10. The summed E-state index contributed by atoms with van der Waals surface area (Å²) in [5.74, 6) is 2.19. The van der Waals surface area contributed by atoms with Gasteiger partial charge in [0.2, 0.25) is 0 Å². The number of phenols is 1. The van der Waals surface area contributed by atoms with Gasteiger partial charge in [0, 0.05) is 48.7 Å². The Morgan fingerprint density at radius 2 is 1.70 bits per heavy atom. The number of ether oxygens (including phenoxy) is 1. The van der Waals surface area contributed by atoms with Gasteiger partial charge in [0.1, 0.15) is 17.6 Å². The summed E-state index contributed by atoms with van der Waals surface area (Å²) < 4.78 is 6.91. The van der Waals surface area contributed by atoms with Crippen LogP contribution in [0.2, 0.25) is 0 Å². The lowest BCUT2D eigenvalue weighted by Crippen LogP contribution is -2.73. The Bertz CT molecular complexity index is 2560. The lowest BCUT2D eigenvalue weighted by Gasteiger charge is -2.72. The Balaban J connectivity index is 1.00. The number of ketones is 2. The highest BCUT2D eigenvalue weighted by Crippen LogP contribution is 2.79. The maximum Gasteiger partial charge on any atom is 0.160 e. The molecule has 2 aliphatic heterocycles. The Morgan fingerprint density at radius 1 is 0.892 bits per heavy atom. The number of β-amino-alcohol motifs (C(OH)–C–C–N with tert-alkyl or cyclic N) is 1. The third-order valence-electron chi connectivity index (χ3n) is 24.2. The molecule has 2 heterocycles. The molecular weight excluding hydrogens is 923 g/mol. The van der Waals surface area contributed by atoms with Crippen molar-refractivity contribution in [2.24, 2.45) is 63.1 Å². The summed E-state index contributed by atoms with van der Waals surface area (Å²) in [5, 5.41) is 55.8. The standard InChI is InChI=1S/C64H91N3O7/c1-58(73)23-8-9-24-59(2)55-49(67-37-58)33-64(27-28-68)51-22-21-48-53(50(70)34-63(48,64)26-12-25-62(57(59)72,36-60(51,55)3)41-29-38(35-66-5)30-43(69)32-41)52-45-16-7-6-13-39(45)19-20-46(52)54(71)56-61(4,74-56)47-18-11-17-44(47)40-14-10-15-42(65)31-40/h10,14-15,29-32,39,44-47,49,51-52,54-56,66-69,71,73H,6-9,11-13,16-28,33-37,65H2,1-5H3/t39-,44+,45-,46-,47-,49+,51-,52-,54-,55+,56-,58-,59-,60+,61-,62+,63+,64+/m1/s1. The van der Waals surface area contributed by atoms with Crippen molar-refractivity contribution in [2.45, 2.75) is 216 Å². The first-order valence-corrected chi connectivity index (χ1v) is 30.0. The number of aliphatic hydroxyl groups excluding tert-OH is 2. The van der Waals surface area contributed by atoms with Gasteiger partial charge in [-0.05, 0) is 215 Å². The zero-order valence-electron chi connectivity index (χ0n) is 45.7. The number of anilines is 1. The SMILES string of the molecule is CNCc1cc(O)cc([C@]23CCC[C@]45CC(=O)C([C@@H]6[C@@H]7CCCC[C@@H]7CC[C@H]6[C@@H](O)[C@H]6O[C@]6(C)[C@@H]6CCC[C@H]6c6cccc(N)c6)=C4CC[C@@H]4[C@](C)(C2)[C@H]2[C@H](C[C@@]45CCO)NC[C@](C)(O)CCCC[C@@]2(C)C3=O)c1. The van der Waals surface area contributed by atoms with E-state index in [0.29, 0.717) is 68.7 Å². The highest BCUT2D eigenvalue weighted by molar-refractivity contribution is 6.01. The van der Waals surface area contributed by atoms with Crippen LogP contribution in [0, 0.1) is 63.1 Å². The molecule has 2 aromatic carbocycles. The number of carbonyl (C=O) groups excluding carboxylic acids is 2. The molecule has 0 amide bonds. The molecule has 8 aliphatic carbocycles. The molecule has 18 atom stereocenters. The minimum absolute atomic E-state index is 0.0202. The van der Waals surface area contributed by atoms with Gasteiger partial charge in [-0.25, -0.2) is 0 Å². The van der Waals surface area contributed by atoms with Gasteiger partial charge in [-0.15, -0.1) is 0 Å². The van der Waals surface area contributed by atoms with Gasteiger partial charge in [-0.1, -0.05) is 82.6 Å². The minimum atomic E-state index is -0.915. The zero-order valence-corrected chi connectivity index (χ0v) is 45.7. The van der Waals surface area contributed by atoms with E-state index in [1.54, 1.807) is 0 Å². The lowest BCUT2D eigenvalue weighted by atomic mass is 9.31. The molecule has 8 N–H and O–H groups in total. The monoisotopic (exact) mass is 1010 g/mol. The van der Waals surface area contributed by atoms with E-state index in [4.69, 9.17) is 10.5 Å². The van der Waals surface area contributed by atoms with E-state index in [-0.39, 0.29) is 59.9 Å². The number of carbonyl (C=O) groups is 2. The fraction of sp³-hybridized carbons (Fsp3) is 0.750. The number of allylic oxidation sites excluding steroid dienone is 2. The van der Waals surface area contributed by atoms with Gasteiger partial charge in [-0.3, -0.25) is 9.59 Å². The van der Waals surface area contributed by atoms with Crippen molar-refractivity contribution in [3.05, 3.63) is 70.3 Å². The predicted molar refractivity (Wildman–Crippen MR) is 289 cm³/mol. The van der Waals surface area contributed by atoms with Gasteiger partial charge in [0.25, 0.3) is 0 Å². The molecule has 5 bridgehead atoms. The second-order valence-electron chi connectivity index (χ2n) is 28.0. The number of hydrogen-bond acceptors (Lipinski definition) is 10. The Kier molecular flexibility index (Phi) is 12.9. The largest absolute Gasteiger partial charge is 0.508 e. The van der Waals surface area contributed by atoms with Crippen LogP contribution in [0.3, 0.4) is 0 Å². The molecule has 9 fully saturated rings. The number of phenolic OH excluding ortho intramolecular Hbond substituents is 1. The van der Waals surface area contributed by atoms with Gasteiger partial charge in [0.15, 0.2) is 5.78 Å². The number of nitrogen functional groups attached to an aromatic ring is 1. The molecule has 2 aromatic rings. The van der Waals surface area contributed by atoms with Crippen LogP contribution in [-0.2, 0) is 26.3 Å². The molecule has 7 saturated carbocycles. The van der Waals surface area contributed by atoms with Crippen LogP contribution >= 0.6 is 0 Å². The van der Waals surface area contributed by atoms with Crippen LogP contribution in [0.25, 0.3) is 0 Å². The van der Waals surface area contributed by atoms with Crippen LogP contribution in [0.15, 0.2) is 53.6 Å². The number of nitrogens with two attached hydrogens (primary N) is 1. The number of benzene rings is 2. The molecule has 2 saturated heterocycles. The van der Waals surface area contributed by atoms with E-state index in [1.807, 2.05) is 32.2 Å². The van der Waals surface area contributed by atoms with Crippen molar-refractivity contribution in [2.75, 3.05) is 25.9 Å². The minimum Gasteiger partial charge on any atom is -0.508 e. The highest BCUT2D eigenvalue weighted by atomic mass is 16.6. The quantitative estimate of drug-likeness (QED) is 0.0895. The lowest BCUT2D eigenvalue weighted by molar-refractivity contribution is -0.214. The van der Waals surface area contributed by atoms with Crippen LogP contribution in [0.5, 0.6) is 5.75 Å². The second-order valence-corrected chi connectivity index (χ2v) is 28.0. The molecule has 404 valence electrons. The second kappa shape index (κ2) is 18.5. The van der Waals surface area contributed by atoms with Crippen molar-refractivity contribution in [1.82, 2.24) is 10.6 Å². The van der Waals surface area contributed by atoms with Crippen LogP contribution < -0.4 is 16.4 Å². The third kappa shape index (κ3) is 7.64. The first kappa shape index (κ1) is 51.6. The Morgan fingerprint density at radius 3 is 2.50 bits per heavy atom. The number of Topliss-reactive ketones (excluding diaryl/α,β-unsaturated/α-hetero) is 2. The van der Waals surface area contributed by atoms with Gasteiger partial charge < -0.3 is 41.5 Å². The average Bonchev–Trinajstić information content (AvgIpc) is 3.65. The molecule has 12 rings (SSSR count). The first-order valence-electron chi connectivity index (χ1n) is 30.0. The molecule has 10 heteroatoms.